The lowest BCUT2D eigenvalue weighted by atomic mass is 10.2. The summed E-state index contributed by atoms with van der Waals surface area (Å²) in [6.45, 7) is 0. The Balaban J connectivity index is 1.89. The molecule has 0 heterocycles. The fraction of sp³-hybridized carbons (Fsp3) is 0.167. The third-order valence-electron chi connectivity index (χ3n) is 3.09. The average molecular weight is 374 g/mol. The van der Waals surface area contributed by atoms with Crippen LogP contribution in [0.25, 0.3) is 0 Å². The van der Waals surface area contributed by atoms with Crippen molar-refractivity contribution in [3.05, 3.63) is 65.7 Å². The molecule has 1 amide bonds. The molecule has 2 aromatic carbocycles. The Bertz CT molecular complexity index is 736. The summed E-state index contributed by atoms with van der Waals surface area (Å²) in [5.41, 5.74) is 3.97. The quantitative estimate of drug-likeness (QED) is 0.251. The third-order valence-corrected chi connectivity index (χ3v) is 5.52. The van der Waals surface area contributed by atoms with E-state index in [1.165, 1.54) is 7.11 Å². The van der Waals surface area contributed by atoms with Crippen LogP contribution in [-0.2, 0) is 9.53 Å². The molecule has 0 saturated carbocycles. The Labute approximate surface area is 154 Å². The van der Waals surface area contributed by atoms with Gasteiger partial charge in [0.15, 0.2) is 0 Å². The Hall–Kier alpha value is -2.25. The standard InChI is InChI=1S/C18H18N2O3S2/c1-23-17(21)11-12-24-25-16-10-6-5-9-15(16)13-19-20-18(22)14-7-3-2-4-8-14/h2-10,13H,11-12H2,1H3,(H,20,22)/b19-13+. The second-order valence-corrected chi connectivity index (χ2v) is 7.29. The third kappa shape index (κ3) is 6.64. The number of carbonyl (C=O) groups is 2. The van der Waals surface area contributed by atoms with Gasteiger partial charge < -0.3 is 4.74 Å². The molecule has 0 aliphatic carbocycles. The van der Waals surface area contributed by atoms with Crippen molar-refractivity contribution in [2.24, 2.45) is 5.10 Å². The molecule has 25 heavy (non-hydrogen) atoms. The molecular weight excluding hydrogens is 356 g/mol. The number of benzene rings is 2. The number of carbonyl (C=O) groups excluding carboxylic acids is 2. The van der Waals surface area contributed by atoms with Gasteiger partial charge in [0.1, 0.15) is 0 Å². The molecule has 1 N–H and O–H groups in total. The number of nitrogens with one attached hydrogen (secondary N) is 1. The molecule has 0 aromatic heterocycles. The highest BCUT2D eigenvalue weighted by atomic mass is 33.1. The number of nitrogens with zero attached hydrogens (tertiary/aromatic N) is 1. The van der Waals surface area contributed by atoms with Crippen molar-refractivity contribution < 1.29 is 14.3 Å². The molecule has 5 nitrogen and oxygen atoms in total. The molecule has 0 atom stereocenters. The fourth-order valence-electron chi connectivity index (χ4n) is 1.81. The van der Waals surface area contributed by atoms with Crippen molar-refractivity contribution in [1.82, 2.24) is 5.43 Å². The molecule has 0 spiro atoms. The zero-order chi connectivity index (χ0) is 17.9. The van der Waals surface area contributed by atoms with Crippen molar-refractivity contribution in [2.75, 3.05) is 12.9 Å². The Morgan fingerprint density at radius 2 is 1.84 bits per heavy atom. The molecule has 0 aliphatic heterocycles. The second-order valence-electron chi connectivity index (χ2n) is 4.83. The number of hydrogen-bond acceptors (Lipinski definition) is 6. The minimum Gasteiger partial charge on any atom is -0.469 e. The van der Waals surface area contributed by atoms with Crippen LogP contribution in [0.2, 0.25) is 0 Å². The normalized spacial score (nSPS) is 10.6. The lowest BCUT2D eigenvalue weighted by Gasteiger charge is -2.05. The van der Waals surface area contributed by atoms with Crippen LogP contribution in [0.5, 0.6) is 0 Å². The van der Waals surface area contributed by atoms with E-state index in [1.807, 2.05) is 30.3 Å². The Kier molecular flexibility index (Phi) is 8.08. The van der Waals surface area contributed by atoms with Gasteiger partial charge in [-0.15, -0.1) is 0 Å². The molecule has 0 bridgehead atoms. The molecular formula is C18H18N2O3S2. The molecule has 2 aromatic rings. The van der Waals surface area contributed by atoms with E-state index in [4.69, 9.17) is 0 Å². The maximum absolute atomic E-state index is 11.9. The van der Waals surface area contributed by atoms with Crippen molar-refractivity contribution in [3.63, 3.8) is 0 Å². The Morgan fingerprint density at radius 3 is 2.60 bits per heavy atom. The number of methoxy groups -OCH3 is 1. The molecule has 0 saturated heterocycles. The van der Waals surface area contributed by atoms with E-state index in [0.29, 0.717) is 17.7 Å². The van der Waals surface area contributed by atoms with Crippen LogP contribution in [0.3, 0.4) is 0 Å². The topological polar surface area (TPSA) is 67.8 Å². The summed E-state index contributed by atoms with van der Waals surface area (Å²) in [5, 5.41) is 4.03. The average Bonchev–Trinajstić information content (AvgIpc) is 2.66. The zero-order valence-corrected chi connectivity index (χ0v) is 15.3. The second kappa shape index (κ2) is 10.6. The molecule has 0 aliphatic rings. The van der Waals surface area contributed by atoms with Crippen molar-refractivity contribution in [1.29, 1.82) is 0 Å². The monoisotopic (exact) mass is 374 g/mol. The van der Waals surface area contributed by atoms with Crippen LogP contribution in [0.15, 0.2) is 64.6 Å². The summed E-state index contributed by atoms with van der Waals surface area (Å²) in [4.78, 5) is 24.1. The van der Waals surface area contributed by atoms with Gasteiger partial charge in [-0.3, -0.25) is 9.59 Å². The van der Waals surface area contributed by atoms with Crippen LogP contribution in [0.4, 0.5) is 0 Å². The smallest absolute Gasteiger partial charge is 0.306 e. The van der Waals surface area contributed by atoms with Crippen molar-refractivity contribution in [3.8, 4) is 0 Å². The predicted molar refractivity (Wildman–Crippen MR) is 103 cm³/mol. The van der Waals surface area contributed by atoms with Crippen LogP contribution >= 0.6 is 21.6 Å². The van der Waals surface area contributed by atoms with Gasteiger partial charge in [0.25, 0.3) is 5.91 Å². The highest BCUT2D eigenvalue weighted by molar-refractivity contribution is 8.76. The number of rotatable bonds is 8. The summed E-state index contributed by atoms with van der Waals surface area (Å²) in [6.07, 6.45) is 1.99. The lowest BCUT2D eigenvalue weighted by Crippen LogP contribution is -2.17. The number of hydrogen-bond donors (Lipinski definition) is 1. The first kappa shape index (κ1) is 19.1. The lowest BCUT2D eigenvalue weighted by molar-refractivity contribution is -0.140. The molecule has 0 fully saturated rings. The van der Waals surface area contributed by atoms with E-state index in [1.54, 1.807) is 52.1 Å². The number of esters is 1. The molecule has 0 unspecified atom stereocenters. The number of ether oxygens (including phenoxy) is 1. The SMILES string of the molecule is COC(=O)CCSSc1ccccc1/C=N/NC(=O)c1ccccc1. The maximum Gasteiger partial charge on any atom is 0.306 e. The van der Waals surface area contributed by atoms with E-state index in [2.05, 4.69) is 15.3 Å². The van der Waals surface area contributed by atoms with Crippen LogP contribution in [0, 0.1) is 0 Å². The summed E-state index contributed by atoms with van der Waals surface area (Å²) in [6, 6.07) is 16.6. The van der Waals surface area contributed by atoms with Crippen molar-refractivity contribution in [2.45, 2.75) is 11.3 Å². The van der Waals surface area contributed by atoms with Gasteiger partial charge in [-0.05, 0) is 18.2 Å². The van der Waals surface area contributed by atoms with E-state index in [0.717, 1.165) is 10.5 Å². The first-order valence-electron chi connectivity index (χ1n) is 7.54. The van der Waals surface area contributed by atoms with Gasteiger partial charge in [0.05, 0.1) is 19.7 Å². The summed E-state index contributed by atoms with van der Waals surface area (Å²) >= 11 is 0. The zero-order valence-electron chi connectivity index (χ0n) is 13.7. The van der Waals surface area contributed by atoms with E-state index in [-0.39, 0.29) is 11.9 Å². The van der Waals surface area contributed by atoms with Gasteiger partial charge in [0.2, 0.25) is 0 Å². The highest BCUT2D eigenvalue weighted by Crippen LogP contribution is 2.33. The van der Waals surface area contributed by atoms with Gasteiger partial charge in [-0.1, -0.05) is 58.0 Å². The largest absolute Gasteiger partial charge is 0.469 e. The van der Waals surface area contributed by atoms with Gasteiger partial charge in [-0.25, -0.2) is 5.43 Å². The van der Waals surface area contributed by atoms with E-state index in [9.17, 15) is 9.59 Å². The van der Waals surface area contributed by atoms with E-state index < -0.39 is 0 Å². The van der Waals surface area contributed by atoms with Gasteiger partial charge in [0, 0.05) is 21.8 Å². The predicted octanol–water partition coefficient (Wildman–Crippen LogP) is 3.75. The van der Waals surface area contributed by atoms with Crippen LogP contribution in [-0.4, -0.2) is 31.0 Å². The minimum absolute atomic E-state index is 0.216. The molecule has 7 heteroatoms. The van der Waals surface area contributed by atoms with Crippen LogP contribution < -0.4 is 5.43 Å². The summed E-state index contributed by atoms with van der Waals surface area (Å²) < 4.78 is 4.62. The Morgan fingerprint density at radius 1 is 1.12 bits per heavy atom. The fourth-order valence-corrected chi connectivity index (χ4v) is 3.96. The van der Waals surface area contributed by atoms with Gasteiger partial charge in [-0.2, -0.15) is 5.10 Å². The maximum atomic E-state index is 11.9. The highest BCUT2D eigenvalue weighted by Gasteiger charge is 2.05. The van der Waals surface area contributed by atoms with E-state index >= 15 is 0 Å². The molecule has 2 rings (SSSR count). The van der Waals surface area contributed by atoms with Crippen LogP contribution in [0.1, 0.15) is 22.3 Å². The first-order chi connectivity index (χ1) is 12.2. The molecule has 0 radical (unpaired) electrons. The number of amides is 1. The minimum atomic E-state index is -0.255. The summed E-state index contributed by atoms with van der Waals surface area (Å²) in [5.74, 6) is 0.189. The first-order valence-corrected chi connectivity index (χ1v) is 9.86. The van der Waals surface area contributed by atoms with Gasteiger partial charge >= 0.3 is 5.97 Å². The molecule has 130 valence electrons. The van der Waals surface area contributed by atoms with Crippen molar-refractivity contribution >= 4 is 39.7 Å². The summed E-state index contributed by atoms with van der Waals surface area (Å²) in [7, 11) is 4.51. The number of hydrazone groups is 1.